The number of hydrogen-bond acceptors (Lipinski definition) is 2. The third-order valence-electron chi connectivity index (χ3n) is 0.440. The molecule has 0 aliphatic heterocycles. The highest BCUT2D eigenvalue weighted by Crippen LogP contribution is 2.27. The zero-order valence-electron chi connectivity index (χ0n) is 4.58. The minimum absolute atomic E-state index is 2.60. The lowest BCUT2D eigenvalue weighted by atomic mass is 10.7. The van der Waals surface area contributed by atoms with Crippen LogP contribution in [-0.4, -0.2) is 16.9 Å². The number of hydrogen-bond donors (Lipinski definition) is 0. The Bertz CT molecular complexity index is 160. The lowest BCUT2D eigenvalue weighted by Crippen LogP contribution is -2.29. The molecule has 8 heteroatoms. The fraction of sp³-hybridized carbons (Fsp3) is 0.667. The van der Waals surface area contributed by atoms with E-state index in [1.165, 1.54) is 0 Å². The monoisotopic (exact) mass is 214 g/mol. The maximum atomic E-state index is 11.5. The minimum Gasteiger partial charge on any atom is -0.382 e. The van der Waals surface area contributed by atoms with Crippen LogP contribution in [0.2, 0.25) is 0 Å². The molecule has 0 fully saturated rings. The molecular weight excluding hydrogens is 215 g/mol. The molecular formula is C3Cl2F4O2. The first kappa shape index (κ1) is 10.8. The van der Waals surface area contributed by atoms with Gasteiger partial charge in [-0.05, 0) is 11.6 Å². The Labute approximate surface area is 68.0 Å². The summed E-state index contributed by atoms with van der Waals surface area (Å²) in [6.45, 7) is 0. The number of halogens is 6. The van der Waals surface area contributed by atoms with Crippen LogP contribution in [0.3, 0.4) is 0 Å². The summed E-state index contributed by atoms with van der Waals surface area (Å²) < 4.78 is 48.7. The maximum Gasteiger partial charge on any atom is 0.489 e. The number of esters is 1. The number of ether oxygens (including phenoxy) is 1. The SMILES string of the molecule is O=C(OC(F)(F)Cl)C(F)(F)Cl. The van der Waals surface area contributed by atoms with Crippen LogP contribution in [0.5, 0.6) is 0 Å². The van der Waals surface area contributed by atoms with Crippen LogP contribution in [0, 0.1) is 0 Å². The maximum absolute atomic E-state index is 11.5. The molecule has 0 amide bonds. The zero-order valence-corrected chi connectivity index (χ0v) is 6.10. The predicted molar refractivity (Wildman–Crippen MR) is 27.7 cm³/mol. The minimum atomic E-state index is -4.49. The van der Waals surface area contributed by atoms with E-state index in [4.69, 9.17) is 0 Å². The van der Waals surface area contributed by atoms with Gasteiger partial charge in [-0.3, -0.25) is 0 Å². The topological polar surface area (TPSA) is 26.3 Å². The van der Waals surface area contributed by atoms with Crippen molar-refractivity contribution in [2.75, 3.05) is 0 Å². The molecule has 0 rings (SSSR count). The number of carbonyl (C=O) groups excluding carboxylic acids is 1. The van der Waals surface area contributed by atoms with Crippen molar-refractivity contribution < 1.29 is 27.1 Å². The number of carbonyl (C=O) groups is 1. The van der Waals surface area contributed by atoms with Gasteiger partial charge in [-0.15, -0.1) is 8.78 Å². The summed E-state index contributed by atoms with van der Waals surface area (Å²) in [6, 6.07) is 0. The van der Waals surface area contributed by atoms with Crippen molar-refractivity contribution in [3.05, 3.63) is 0 Å². The van der Waals surface area contributed by atoms with Crippen LogP contribution in [0.4, 0.5) is 17.6 Å². The molecule has 0 heterocycles. The average Bonchev–Trinajstić information content (AvgIpc) is 1.56. The summed E-state index contributed by atoms with van der Waals surface area (Å²) in [6.07, 6.45) is 0. The Kier molecular flexibility index (Phi) is 2.96. The van der Waals surface area contributed by atoms with Crippen molar-refractivity contribution in [3.63, 3.8) is 0 Å². The lowest BCUT2D eigenvalue weighted by Gasteiger charge is -2.10. The van der Waals surface area contributed by atoms with Gasteiger partial charge in [-0.2, -0.15) is 8.78 Å². The Morgan fingerprint density at radius 2 is 1.55 bits per heavy atom. The first-order chi connectivity index (χ1) is 4.63. The number of rotatable bonds is 2. The van der Waals surface area contributed by atoms with Crippen molar-refractivity contribution in [1.82, 2.24) is 0 Å². The average molecular weight is 215 g/mol. The van der Waals surface area contributed by atoms with Crippen molar-refractivity contribution in [1.29, 1.82) is 0 Å². The highest BCUT2D eigenvalue weighted by Gasteiger charge is 2.44. The van der Waals surface area contributed by atoms with Gasteiger partial charge in [-0.25, -0.2) is 4.79 Å². The van der Waals surface area contributed by atoms with Crippen molar-refractivity contribution in [2.24, 2.45) is 0 Å². The van der Waals surface area contributed by atoms with Crippen molar-refractivity contribution >= 4 is 29.2 Å². The van der Waals surface area contributed by atoms with Crippen molar-refractivity contribution in [3.8, 4) is 0 Å². The molecule has 0 saturated heterocycles. The summed E-state index contributed by atoms with van der Waals surface area (Å²) >= 11 is 7.96. The Balaban J connectivity index is 4.11. The quantitative estimate of drug-likeness (QED) is 0.400. The molecule has 0 saturated carbocycles. The first-order valence-electron chi connectivity index (χ1n) is 2.00. The van der Waals surface area contributed by atoms with E-state index in [2.05, 4.69) is 27.9 Å². The van der Waals surface area contributed by atoms with E-state index in [1.54, 1.807) is 0 Å². The Hall–Kier alpha value is -0.230. The summed E-state index contributed by atoms with van der Waals surface area (Å²) in [5.41, 5.74) is -4.46. The molecule has 11 heavy (non-hydrogen) atoms. The summed E-state index contributed by atoms with van der Waals surface area (Å²) in [7, 11) is 0. The molecule has 0 bridgehead atoms. The molecule has 0 atom stereocenters. The second-order valence-electron chi connectivity index (χ2n) is 1.33. The Morgan fingerprint density at radius 3 is 1.64 bits per heavy atom. The third-order valence-corrected chi connectivity index (χ3v) is 0.671. The molecule has 0 N–H and O–H groups in total. The van der Waals surface area contributed by atoms with Gasteiger partial charge in [0.05, 0.1) is 0 Å². The molecule has 66 valence electrons. The van der Waals surface area contributed by atoms with Gasteiger partial charge in [0, 0.05) is 11.6 Å². The first-order valence-corrected chi connectivity index (χ1v) is 2.75. The zero-order chi connectivity index (χ0) is 9.28. The van der Waals surface area contributed by atoms with Crippen LogP contribution in [0.1, 0.15) is 0 Å². The molecule has 0 aromatic heterocycles. The summed E-state index contributed by atoms with van der Waals surface area (Å²) in [4.78, 5) is 9.81. The lowest BCUT2D eigenvalue weighted by molar-refractivity contribution is -0.207. The second kappa shape index (κ2) is 3.02. The standard InChI is InChI=1S/C3Cl2F4O2/c4-2(6,7)1(10)11-3(5,8)9. The van der Waals surface area contributed by atoms with Crippen LogP contribution in [0.25, 0.3) is 0 Å². The molecule has 0 aromatic carbocycles. The van der Waals surface area contributed by atoms with E-state index in [9.17, 15) is 22.4 Å². The smallest absolute Gasteiger partial charge is 0.382 e. The summed E-state index contributed by atoms with van der Waals surface area (Å²) in [5.74, 6) is -2.60. The van der Waals surface area contributed by atoms with E-state index in [1.807, 2.05) is 0 Å². The second-order valence-corrected chi connectivity index (χ2v) is 2.25. The third kappa shape index (κ3) is 5.09. The normalized spacial score (nSPS) is 12.9. The van der Waals surface area contributed by atoms with Gasteiger partial charge in [0.25, 0.3) is 0 Å². The van der Waals surface area contributed by atoms with E-state index < -0.39 is 16.9 Å². The van der Waals surface area contributed by atoms with Crippen molar-refractivity contribution in [2.45, 2.75) is 10.9 Å². The van der Waals surface area contributed by atoms with E-state index in [0.717, 1.165) is 0 Å². The fourth-order valence-corrected chi connectivity index (χ4v) is 0.272. The Morgan fingerprint density at radius 1 is 1.18 bits per heavy atom. The van der Waals surface area contributed by atoms with Crippen LogP contribution < -0.4 is 0 Å². The molecule has 0 aliphatic carbocycles. The molecule has 0 unspecified atom stereocenters. The fourth-order valence-electron chi connectivity index (χ4n) is 0.163. The van der Waals surface area contributed by atoms with Gasteiger partial charge in [0.2, 0.25) is 0 Å². The van der Waals surface area contributed by atoms with E-state index >= 15 is 0 Å². The van der Waals surface area contributed by atoms with Gasteiger partial charge in [-0.1, -0.05) is 0 Å². The van der Waals surface area contributed by atoms with Gasteiger partial charge < -0.3 is 4.74 Å². The van der Waals surface area contributed by atoms with Crippen LogP contribution >= 0.6 is 23.2 Å². The van der Waals surface area contributed by atoms with Gasteiger partial charge in [0.15, 0.2) is 0 Å². The van der Waals surface area contributed by atoms with Crippen LogP contribution in [0.15, 0.2) is 0 Å². The predicted octanol–water partition coefficient (Wildman–Crippen LogP) is 2.15. The number of alkyl halides is 6. The van der Waals surface area contributed by atoms with E-state index in [-0.39, 0.29) is 0 Å². The molecule has 0 aliphatic rings. The highest BCUT2D eigenvalue weighted by atomic mass is 35.5. The highest BCUT2D eigenvalue weighted by molar-refractivity contribution is 6.31. The van der Waals surface area contributed by atoms with Gasteiger partial charge >= 0.3 is 16.9 Å². The molecule has 0 spiro atoms. The molecule has 2 nitrogen and oxygen atoms in total. The van der Waals surface area contributed by atoms with Crippen LogP contribution in [-0.2, 0) is 9.53 Å². The van der Waals surface area contributed by atoms with Gasteiger partial charge in [0.1, 0.15) is 0 Å². The largest absolute Gasteiger partial charge is 0.489 e. The summed E-state index contributed by atoms with van der Waals surface area (Å²) in [5, 5.41) is -4.49. The van der Waals surface area contributed by atoms with E-state index in [0.29, 0.717) is 0 Å². The molecule has 0 aromatic rings. The molecule has 0 radical (unpaired) electrons.